The molecule has 0 heterocycles. The van der Waals surface area contributed by atoms with E-state index in [4.69, 9.17) is 0 Å². The second-order valence-electron chi connectivity index (χ2n) is 3.52. The van der Waals surface area contributed by atoms with E-state index in [2.05, 4.69) is 12.2 Å². The lowest BCUT2D eigenvalue weighted by Crippen LogP contribution is -2.23. The molecule has 0 saturated carbocycles. The average Bonchev–Trinajstić information content (AvgIpc) is 2.05. The highest BCUT2D eigenvalue weighted by Gasteiger charge is 2.20. The molecule has 2 nitrogen and oxygen atoms in total. The Kier molecular flexibility index (Phi) is 3.48. The molecule has 0 aliphatic heterocycles. The van der Waals surface area contributed by atoms with Gasteiger partial charge in [-0.2, -0.15) is 0 Å². The molecule has 1 aliphatic rings. The number of ketones is 1. The Balaban J connectivity index is 2.35. The zero-order valence-corrected chi connectivity index (χ0v) is 7.49. The van der Waals surface area contributed by atoms with Crippen LogP contribution < -0.4 is 0 Å². The summed E-state index contributed by atoms with van der Waals surface area (Å²) in [5.74, 6) is 0.385. The minimum Gasteiger partial charge on any atom is -0.392 e. The van der Waals surface area contributed by atoms with E-state index in [1.807, 2.05) is 0 Å². The van der Waals surface area contributed by atoms with Crippen molar-refractivity contribution < 1.29 is 9.90 Å². The molecule has 0 aromatic heterocycles. The van der Waals surface area contributed by atoms with Crippen molar-refractivity contribution in [3.8, 4) is 0 Å². The van der Waals surface area contributed by atoms with Gasteiger partial charge in [0.05, 0.1) is 6.10 Å². The van der Waals surface area contributed by atoms with E-state index in [0.29, 0.717) is 12.3 Å². The third-order valence-electron chi connectivity index (χ3n) is 2.35. The third-order valence-corrected chi connectivity index (χ3v) is 2.35. The predicted octanol–water partition coefficient (Wildman–Crippen LogP) is 1.68. The summed E-state index contributed by atoms with van der Waals surface area (Å²) in [6.45, 7) is 1.53. The van der Waals surface area contributed by atoms with Gasteiger partial charge in [-0.3, -0.25) is 4.79 Å². The van der Waals surface area contributed by atoms with Gasteiger partial charge in [0.15, 0.2) is 0 Å². The summed E-state index contributed by atoms with van der Waals surface area (Å²) in [5.41, 5.74) is 0. The van der Waals surface area contributed by atoms with Gasteiger partial charge in [-0.1, -0.05) is 12.2 Å². The van der Waals surface area contributed by atoms with Gasteiger partial charge >= 0.3 is 0 Å². The fourth-order valence-electron chi connectivity index (χ4n) is 1.63. The van der Waals surface area contributed by atoms with Crippen molar-refractivity contribution in [3.05, 3.63) is 12.2 Å². The number of carbonyl (C=O) groups excluding carboxylic acids is 1. The van der Waals surface area contributed by atoms with E-state index in [0.717, 1.165) is 19.3 Å². The van der Waals surface area contributed by atoms with E-state index in [1.165, 1.54) is 6.92 Å². The summed E-state index contributed by atoms with van der Waals surface area (Å²) in [7, 11) is 0. The van der Waals surface area contributed by atoms with E-state index in [-0.39, 0.29) is 5.78 Å². The monoisotopic (exact) mass is 168 g/mol. The molecule has 0 radical (unpaired) electrons. The molecule has 12 heavy (non-hydrogen) atoms. The number of carbonyl (C=O) groups is 1. The summed E-state index contributed by atoms with van der Waals surface area (Å²) in [5, 5.41) is 9.59. The van der Waals surface area contributed by atoms with E-state index in [9.17, 15) is 9.90 Å². The lowest BCUT2D eigenvalue weighted by atomic mass is 9.87. The van der Waals surface area contributed by atoms with Crippen LogP contribution in [-0.4, -0.2) is 17.0 Å². The highest BCUT2D eigenvalue weighted by molar-refractivity contribution is 5.75. The van der Waals surface area contributed by atoms with Crippen LogP contribution in [0.5, 0.6) is 0 Å². The molecule has 68 valence electrons. The minimum absolute atomic E-state index is 0.0806. The van der Waals surface area contributed by atoms with E-state index in [1.54, 1.807) is 0 Å². The number of rotatable bonds is 3. The highest BCUT2D eigenvalue weighted by atomic mass is 16.3. The fraction of sp³-hybridized carbons (Fsp3) is 0.700. The quantitative estimate of drug-likeness (QED) is 0.651. The van der Waals surface area contributed by atoms with Crippen molar-refractivity contribution in [2.24, 2.45) is 5.92 Å². The third kappa shape index (κ3) is 2.78. The first-order valence-electron chi connectivity index (χ1n) is 4.52. The van der Waals surface area contributed by atoms with Crippen LogP contribution in [0.1, 0.15) is 32.6 Å². The number of Topliss-reactive ketones (excluding diaryl/α,β-unsaturated/α-hetero) is 1. The van der Waals surface area contributed by atoms with Gasteiger partial charge < -0.3 is 5.11 Å². The summed E-state index contributed by atoms with van der Waals surface area (Å²) < 4.78 is 0. The largest absolute Gasteiger partial charge is 0.392 e. The average molecular weight is 168 g/mol. The Hall–Kier alpha value is -0.630. The summed E-state index contributed by atoms with van der Waals surface area (Å²) >= 11 is 0. The second-order valence-corrected chi connectivity index (χ2v) is 3.52. The highest BCUT2D eigenvalue weighted by Crippen LogP contribution is 2.23. The van der Waals surface area contributed by atoms with Crippen molar-refractivity contribution in [2.45, 2.75) is 38.7 Å². The van der Waals surface area contributed by atoms with Gasteiger partial charge in [0, 0.05) is 6.42 Å². The van der Waals surface area contributed by atoms with Crippen LogP contribution in [0.4, 0.5) is 0 Å². The van der Waals surface area contributed by atoms with Gasteiger partial charge in [0.1, 0.15) is 5.78 Å². The number of hydrogen-bond donors (Lipinski definition) is 1. The molecule has 0 aromatic carbocycles. The van der Waals surface area contributed by atoms with Crippen LogP contribution in [0.25, 0.3) is 0 Å². The molecular formula is C10H16O2. The van der Waals surface area contributed by atoms with Gasteiger partial charge in [0.25, 0.3) is 0 Å². The minimum atomic E-state index is -0.424. The van der Waals surface area contributed by atoms with Gasteiger partial charge in [0.2, 0.25) is 0 Å². The molecule has 0 aromatic rings. The van der Waals surface area contributed by atoms with Gasteiger partial charge in [-0.05, 0) is 32.1 Å². The maximum absolute atomic E-state index is 10.7. The molecule has 0 fully saturated rings. The molecular weight excluding hydrogens is 152 g/mol. The first-order chi connectivity index (χ1) is 5.70. The van der Waals surface area contributed by atoms with Crippen molar-refractivity contribution in [2.75, 3.05) is 0 Å². The molecule has 0 saturated heterocycles. The molecule has 0 spiro atoms. The zero-order chi connectivity index (χ0) is 8.97. The lowest BCUT2D eigenvalue weighted by Gasteiger charge is -2.22. The number of aliphatic hydroxyl groups excluding tert-OH is 1. The van der Waals surface area contributed by atoms with Crippen LogP contribution in [-0.2, 0) is 4.79 Å². The molecule has 1 aliphatic carbocycles. The Morgan fingerprint density at radius 1 is 1.67 bits per heavy atom. The smallest absolute Gasteiger partial charge is 0.132 e. The molecule has 0 amide bonds. The van der Waals surface area contributed by atoms with Crippen molar-refractivity contribution in [3.63, 3.8) is 0 Å². The van der Waals surface area contributed by atoms with E-state index < -0.39 is 6.10 Å². The first kappa shape index (κ1) is 9.46. The molecule has 1 rings (SSSR count). The fourth-order valence-corrected chi connectivity index (χ4v) is 1.63. The van der Waals surface area contributed by atoms with Crippen molar-refractivity contribution >= 4 is 5.78 Å². The number of hydrogen-bond acceptors (Lipinski definition) is 2. The van der Waals surface area contributed by atoms with Crippen LogP contribution in [0.3, 0.4) is 0 Å². The molecule has 0 bridgehead atoms. The molecule has 1 N–H and O–H groups in total. The predicted molar refractivity (Wildman–Crippen MR) is 47.8 cm³/mol. The molecule has 2 atom stereocenters. The summed E-state index contributed by atoms with van der Waals surface area (Å²) in [4.78, 5) is 10.7. The van der Waals surface area contributed by atoms with Crippen LogP contribution in [0, 0.1) is 5.92 Å². The van der Waals surface area contributed by atoms with Gasteiger partial charge in [-0.25, -0.2) is 0 Å². The maximum Gasteiger partial charge on any atom is 0.132 e. The van der Waals surface area contributed by atoms with E-state index >= 15 is 0 Å². The second kappa shape index (κ2) is 4.41. The Morgan fingerprint density at radius 2 is 2.42 bits per heavy atom. The lowest BCUT2D eigenvalue weighted by molar-refractivity contribution is -0.119. The van der Waals surface area contributed by atoms with Crippen LogP contribution in [0.2, 0.25) is 0 Å². The number of allylic oxidation sites excluding steroid dienone is 2. The zero-order valence-electron chi connectivity index (χ0n) is 7.49. The normalized spacial score (nSPS) is 25.3. The Bertz CT molecular complexity index is 184. The van der Waals surface area contributed by atoms with Crippen molar-refractivity contribution in [1.82, 2.24) is 0 Å². The SMILES string of the molecule is CC(=O)CC(O)C1CC=CCC1. The molecule has 2 unspecified atom stereocenters. The molecule has 2 heteroatoms. The van der Waals surface area contributed by atoms with Gasteiger partial charge in [-0.15, -0.1) is 0 Å². The standard InChI is InChI=1S/C10H16O2/c1-8(11)7-10(12)9-5-3-2-4-6-9/h2-3,9-10,12H,4-7H2,1H3. The van der Waals surface area contributed by atoms with Crippen molar-refractivity contribution in [1.29, 1.82) is 0 Å². The maximum atomic E-state index is 10.7. The van der Waals surface area contributed by atoms with Crippen LogP contribution >= 0.6 is 0 Å². The first-order valence-corrected chi connectivity index (χ1v) is 4.52. The van der Waals surface area contributed by atoms with Crippen LogP contribution in [0.15, 0.2) is 12.2 Å². The summed E-state index contributed by atoms with van der Waals surface area (Å²) in [6, 6.07) is 0. The summed E-state index contributed by atoms with van der Waals surface area (Å²) in [6.07, 6.45) is 7.11. The topological polar surface area (TPSA) is 37.3 Å². The number of aliphatic hydroxyl groups is 1. The Labute approximate surface area is 73.3 Å². The Morgan fingerprint density at radius 3 is 2.92 bits per heavy atom.